The average Bonchev–Trinajstić information content (AvgIpc) is 2.70. The summed E-state index contributed by atoms with van der Waals surface area (Å²) in [6.45, 7) is 12.4. The van der Waals surface area contributed by atoms with Crippen LogP contribution in [0, 0.1) is 0 Å². The second-order valence-electron chi connectivity index (χ2n) is 7.24. The minimum Gasteiger partial charge on any atom is -0.493 e. The first-order chi connectivity index (χ1) is 14.3. The van der Waals surface area contributed by atoms with E-state index in [0.29, 0.717) is 36.8 Å². The van der Waals surface area contributed by atoms with Gasteiger partial charge in [-0.15, -0.1) is 6.58 Å². The van der Waals surface area contributed by atoms with Crippen molar-refractivity contribution in [3.63, 3.8) is 0 Å². The van der Waals surface area contributed by atoms with Gasteiger partial charge in [0, 0.05) is 38.6 Å². The summed E-state index contributed by atoms with van der Waals surface area (Å²) in [5.41, 5.74) is 6.09. The van der Waals surface area contributed by atoms with Crippen molar-refractivity contribution in [2.75, 3.05) is 39.9 Å². The summed E-state index contributed by atoms with van der Waals surface area (Å²) < 4.78 is 11.3. The summed E-state index contributed by atoms with van der Waals surface area (Å²) in [4.78, 5) is 26.5. The van der Waals surface area contributed by atoms with E-state index in [1.807, 2.05) is 23.1 Å². The van der Waals surface area contributed by atoms with Crippen LogP contribution in [0.4, 0.5) is 0 Å². The fraction of sp³-hybridized carbons (Fsp3) is 0.545. The van der Waals surface area contributed by atoms with Crippen LogP contribution in [0.3, 0.4) is 0 Å². The molecule has 3 N–H and O–H groups in total. The highest BCUT2D eigenvalue weighted by Crippen LogP contribution is 2.33. The average molecular weight is 422 g/mol. The molecule has 1 amide bonds. The lowest BCUT2D eigenvalue weighted by Crippen LogP contribution is -2.57. The van der Waals surface area contributed by atoms with Gasteiger partial charge < -0.3 is 25.2 Å². The Labute approximate surface area is 179 Å². The number of carboxylic acid groups (broad SMARTS) is 1. The van der Waals surface area contributed by atoms with E-state index in [4.69, 9.17) is 25.1 Å². The minimum atomic E-state index is -0.833. The highest BCUT2D eigenvalue weighted by molar-refractivity contribution is 5.98. The summed E-state index contributed by atoms with van der Waals surface area (Å²) in [6.07, 6.45) is 2.63. The highest BCUT2D eigenvalue weighted by Gasteiger charge is 2.33. The minimum absolute atomic E-state index is 0.0238. The Kier molecular flexibility index (Phi) is 10.9. The lowest BCUT2D eigenvalue weighted by Gasteiger charge is -2.44. The molecule has 168 valence electrons. The van der Waals surface area contributed by atoms with Crippen molar-refractivity contribution in [2.45, 2.75) is 39.3 Å². The fourth-order valence-electron chi connectivity index (χ4n) is 3.31. The van der Waals surface area contributed by atoms with Gasteiger partial charge in [-0.1, -0.05) is 12.1 Å². The summed E-state index contributed by atoms with van der Waals surface area (Å²) >= 11 is 0. The molecule has 1 saturated heterocycles. The largest absolute Gasteiger partial charge is 0.493 e. The predicted octanol–water partition coefficient (Wildman–Crippen LogP) is 2.23. The molecule has 2 rings (SSSR count). The normalized spacial score (nSPS) is 18.8. The lowest BCUT2D eigenvalue weighted by atomic mass is 10.1. The number of nitrogens with zero attached hydrogens (tertiary/aromatic N) is 2. The lowest BCUT2D eigenvalue weighted by molar-refractivity contribution is -0.134. The number of benzene rings is 1. The number of rotatable bonds is 8. The van der Waals surface area contributed by atoms with E-state index >= 15 is 0 Å². The van der Waals surface area contributed by atoms with Gasteiger partial charge in [0.05, 0.1) is 19.3 Å². The molecule has 1 aromatic carbocycles. The van der Waals surface area contributed by atoms with Gasteiger partial charge in [0.1, 0.15) is 0 Å². The van der Waals surface area contributed by atoms with Gasteiger partial charge in [0.25, 0.3) is 11.9 Å². The Hall–Kier alpha value is -2.58. The molecule has 0 bridgehead atoms. The molecule has 0 unspecified atom stereocenters. The van der Waals surface area contributed by atoms with Crippen molar-refractivity contribution in [1.82, 2.24) is 9.80 Å². The molecule has 0 saturated carbocycles. The maximum Gasteiger partial charge on any atom is 0.300 e. The van der Waals surface area contributed by atoms with Gasteiger partial charge in [0.15, 0.2) is 11.5 Å². The molecule has 1 aliphatic rings. The van der Waals surface area contributed by atoms with E-state index in [0.717, 1.165) is 26.4 Å². The molecule has 8 heteroatoms. The van der Waals surface area contributed by atoms with Crippen molar-refractivity contribution >= 4 is 11.9 Å². The molecular weight excluding hydrogens is 386 g/mol. The van der Waals surface area contributed by atoms with Crippen LogP contribution in [0.2, 0.25) is 0 Å². The molecule has 0 radical (unpaired) electrons. The summed E-state index contributed by atoms with van der Waals surface area (Å²) in [7, 11) is 1.58. The summed E-state index contributed by atoms with van der Waals surface area (Å²) in [5.74, 6) is 0.213. The number of carbonyl (C=O) groups is 2. The Bertz CT molecular complexity index is 706. The standard InChI is InChI=1S/C20H31N3O3.C2H4O2/c1-5-11-22-13-16(3)23(14-15(22)2)20(24)17-8-6-9-18(25-4)19(17)26-12-7-10-21;1-2(3)4/h5-6,8-9,15-16H,1,7,10-14,21H2,2-4H3;1H3,(H,3,4)/t15-,16-;/m1./s1. The molecule has 1 aliphatic heterocycles. The molecule has 0 spiro atoms. The zero-order valence-corrected chi connectivity index (χ0v) is 18.5. The van der Waals surface area contributed by atoms with Gasteiger partial charge in [-0.2, -0.15) is 0 Å². The maximum atomic E-state index is 13.3. The summed E-state index contributed by atoms with van der Waals surface area (Å²) in [5, 5.41) is 7.42. The number of amides is 1. The number of aliphatic carboxylic acids is 1. The number of carbonyl (C=O) groups excluding carboxylic acids is 1. The third-order valence-corrected chi connectivity index (χ3v) is 4.76. The third kappa shape index (κ3) is 7.35. The fourth-order valence-corrected chi connectivity index (χ4v) is 3.31. The van der Waals surface area contributed by atoms with E-state index in [1.54, 1.807) is 13.2 Å². The van der Waals surface area contributed by atoms with E-state index < -0.39 is 5.97 Å². The topological polar surface area (TPSA) is 105 Å². The molecule has 1 fully saturated rings. The van der Waals surface area contributed by atoms with Gasteiger partial charge in [0.2, 0.25) is 0 Å². The predicted molar refractivity (Wildman–Crippen MR) is 117 cm³/mol. The van der Waals surface area contributed by atoms with Gasteiger partial charge >= 0.3 is 0 Å². The van der Waals surface area contributed by atoms with Crippen LogP contribution in [0.25, 0.3) is 0 Å². The van der Waals surface area contributed by atoms with Crippen molar-refractivity contribution in [3.05, 3.63) is 36.4 Å². The SMILES string of the molecule is C=CCN1C[C@@H](C)N(C(=O)c2cccc(OC)c2OCCCN)C[C@H]1C.CC(=O)O. The zero-order chi connectivity index (χ0) is 22.7. The van der Waals surface area contributed by atoms with E-state index in [-0.39, 0.29) is 18.0 Å². The van der Waals surface area contributed by atoms with Gasteiger partial charge in [-0.05, 0) is 38.9 Å². The second kappa shape index (κ2) is 12.9. The smallest absolute Gasteiger partial charge is 0.300 e. The Morgan fingerprint density at radius 3 is 2.53 bits per heavy atom. The van der Waals surface area contributed by atoms with Crippen LogP contribution in [0.15, 0.2) is 30.9 Å². The van der Waals surface area contributed by atoms with Crippen LogP contribution in [0.5, 0.6) is 11.5 Å². The van der Waals surface area contributed by atoms with Crippen molar-refractivity contribution in [3.8, 4) is 11.5 Å². The van der Waals surface area contributed by atoms with E-state index in [1.165, 1.54) is 0 Å². The highest BCUT2D eigenvalue weighted by atomic mass is 16.5. The number of nitrogens with two attached hydrogens (primary N) is 1. The second-order valence-corrected chi connectivity index (χ2v) is 7.24. The number of hydrogen-bond donors (Lipinski definition) is 2. The van der Waals surface area contributed by atoms with Crippen LogP contribution in [-0.4, -0.2) is 78.8 Å². The van der Waals surface area contributed by atoms with Crippen molar-refractivity contribution in [1.29, 1.82) is 0 Å². The molecule has 1 aromatic rings. The maximum absolute atomic E-state index is 13.3. The Balaban J connectivity index is 0.00000103. The number of para-hydroxylation sites is 1. The third-order valence-electron chi connectivity index (χ3n) is 4.76. The first kappa shape index (κ1) is 25.5. The number of carboxylic acids is 1. The molecule has 30 heavy (non-hydrogen) atoms. The quantitative estimate of drug-likeness (QED) is 0.490. The first-order valence-electron chi connectivity index (χ1n) is 10.1. The monoisotopic (exact) mass is 421 g/mol. The Morgan fingerprint density at radius 1 is 1.30 bits per heavy atom. The number of hydrogen-bond acceptors (Lipinski definition) is 6. The van der Waals surface area contributed by atoms with Crippen LogP contribution >= 0.6 is 0 Å². The molecule has 2 atom stereocenters. The Morgan fingerprint density at radius 2 is 1.97 bits per heavy atom. The molecule has 0 aliphatic carbocycles. The van der Waals surface area contributed by atoms with Gasteiger partial charge in [-0.25, -0.2) is 0 Å². The molecule has 1 heterocycles. The molecule has 0 aromatic heterocycles. The van der Waals surface area contributed by atoms with Crippen LogP contribution < -0.4 is 15.2 Å². The summed E-state index contributed by atoms with van der Waals surface area (Å²) in [6, 6.07) is 5.82. The van der Waals surface area contributed by atoms with E-state index in [2.05, 4.69) is 25.3 Å². The van der Waals surface area contributed by atoms with E-state index in [9.17, 15) is 4.79 Å². The number of piperazine rings is 1. The first-order valence-corrected chi connectivity index (χ1v) is 10.1. The number of ether oxygens (including phenoxy) is 2. The van der Waals surface area contributed by atoms with Crippen molar-refractivity contribution in [2.24, 2.45) is 5.73 Å². The van der Waals surface area contributed by atoms with Crippen LogP contribution in [0.1, 0.15) is 37.6 Å². The molecule has 8 nitrogen and oxygen atoms in total. The van der Waals surface area contributed by atoms with Crippen molar-refractivity contribution < 1.29 is 24.2 Å². The van der Waals surface area contributed by atoms with Crippen LogP contribution in [-0.2, 0) is 4.79 Å². The number of methoxy groups -OCH3 is 1. The zero-order valence-electron chi connectivity index (χ0n) is 18.5. The van der Waals surface area contributed by atoms with Gasteiger partial charge in [-0.3, -0.25) is 14.5 Å². The molecular formula is C22H35N3O5.